The van der Waals surface area contributed by atoms with Crippen molar-refractivity contribution in [2.24, 2.45) is 0 Å². The third kappa shape index (κ3) is 3.36. The number of rotatable bonds is 6. The van der Waals surface area contributed by atoms with Gasteiger partial charge in [0.2, 0.25) is 5.76 Å². The third-order valence-electron chi connectivity index (χ3n) is 2.73. The molecule has 0 N–H and O–H groups in total. The van der Waals surface area contributed by atoms with Gasteiger partial charge >= 0.3 is 5.69 Å². The monoisotopic (exact) mass is 286 g/mol. The van der Waals surface area contributed by atoms with E-state index in [0.29, 0.717) is 12.4 Å². The number of aryl methyl sites for hydroxylation is 1. The van der Waals surface area contributed by atoms with Crippen molar-refractivity contribution in [2.75, 3.05) is 6.61 Å². The fourth-order valence-electron chi connectivity index (χ4n) is 1.78. The number of para-hydroxylation sites is 1. The van der Waals surface area contributed by atoms with Crippen LogP contribution in [0.15, 0.2) is 41.4 Å². The van der Waals surface area contributed by atoms with E-state index in [1.165, 1.54) is 13.0 Å². The molecule has 6 heteroatoms. The molecule has 2 rings (SSSR count). The molecule has 0 aliphatic heterocycles. The molecule has 21 heavy (non-hydrogen) atoms. The van der Waals surface area contributed by atoms with Crippen LogP contribution in [0.25, 0.3) is 12.2 Å². The maximum absolute atomic E-state index is 11.0. The fraction of sp³-hybridized carbons (Fsp3) is 0.133. The van der Waals surface area contributed by atoms with Crippen LogP contribution in [0.1, 0.15) is 17.0 Å². The van der Waals surface area contributed by atoms with E-state index >= 15 is 0 Å². The molecule has 0 spiro atoms. The molecule has 108 valence electrons. The molecular weight excluding hydrogens is 272 g/mol. The van der Waals surface area contributed by atoms with Gasteiger partial charge in [-0.1, -0.05) is 36.0 Å². The van der Waals surface area contributed by atoms with E-state index < -0.39 is 4.92 Å². The molecule has 1 heterocycles. The SMILES string of the molecule is C=CCOc1ccccc1/C=C/c1onc(C)c1[N+](=O)[O-]. The van der Waals surface area contributed by atoms with E-state index in [1.54, 1.807) is 12.2 Å². The van der Waals surface area contributed by atoms with Gasteiger partial charge in [-0.25, -0.2) is 0 Å². The zero-order valence-corrected chi connectivity index (χ0v) is 11.5. The summed E-state index contributed by atoms with van der Waals surface area (Å²) in [5.41, 5.74) is 0.897. The quantitative estimate of drug-likeness (QED) is 0.460. The van der Waals surface area contributed by atoms with Crippen LogP contribution in [0.3, 0.4) is 0 Å². The molecular formula is C15H14N2O4. The highest BCUT2D eigenvalue weighted by Crippen LogP contribution is 2.26. The maximum atomic E-state index is 11.0. The lowest BCUT2D eigenvalue weighted by atomic mass is 10.1. The zero-order valence-electron chi connectivity index (χ0n) is 11.5. The van der Waals surface area contributed by atoms with Gasteiger partial charge in [-0.2, -0.15) is 0 Å². The van der Waals surface area contributed by atoms with Crippen LogP contribution >= 0.6 is 0 Å². The van der Waals surface area contributed by atoms with Gasteiger partial charge in [0, 0.05) is 5.56 Å². The molecule has 0 fully saturated rings. The van der Waals surface area contributed by atoms with E-state index in [4.69, 9.17) is 9.26 Å². The smallest absolute Gasteiger partial charge is 0.338 e. The summed E-state index contributed by atoms with van der Waals surface area (Å²) < 4.78 is 10.5. The van der Waals surface area contributed by atoms with Crippen molar-refractivity contribution in [3.8, 4) is 5.75 Å². The van der Waals surface area contributed by atoms with Crippen molar-refractivity contribution >= 4 is 17.8 Å². The Labute approximate surface area is 121 Å². The highest BCUT2D eigenvalue weighted by Gasteiger charge is 2.21. The van der Waals surface area contributed by atoms with Crippen LogP contribution in [-0.2, 0) is 0 Å². The Morgan fingerprint density at radius 3 is 2.90 bits per heavy atom. The topological polar surface area (TPSA) is 78.4 Å². The first-order valence-corrected chi connectivity index (χ1v) is 6.25. The number of aromatic nitrogens is 1. The van der Waals surface area contributed by atoms with E-state index in [9.17, 15) is 10.1 Å². The lowest BCUT2D eigenvalue weighted by molar-refractivity contribution is -0.386. The molecule has 0 saturated heterocycles. The molecule has 0 saturated carbocycles. The summed E-state index contributed by atoms with van der Waals surface area (Å²) >= 11 is 0. The average Bonchev–Trinajstić information content (AvgIpc) is 2.85. The number of hydrogen-bond acceptors (Lipinski definition) is 5. The maximum Gasteiger partial charge on any atom is 0.338 e. The van der Waals surface area contributed by atoms with Crippen molar-refractivity contribution in [1.29, 1.82) is 0 Å². The van der Waals surface area contributed by atoms with Crippen LogP contribution in [0.4, 0.5) is 5.69 Å². The van der Waals surface area contributed by atoms with Gasteiger partial charge < -0.3 is 9.26 Å². The van der Waals surface area contributed by atoms with Gasteiger partial charge in [-0.15, -0.1) is 0 Å². The standard InChI is InChI=1S/C15H14N2O4/c1-3-10-20-13-7-5-4-6-12(13)8-9-14-15(17(18)19)11(2)16-21-14/h3-9H,1,10H2,2H3/b9-8+. The summed E-state index contributed by atoms with van der Waals surface area (Å²) in [5.74, 6) is 0.767. The number of benzene rings is 1. The summed E-state index contributed by atoms with van der Waals surface area (Å²) in [7, 11) is 0. The van der Waals surface area contributed by atoms with Crippen LogP contribution in [0.5, 0.6) is 5.75 Å². The molecule has 0 bridgehead atoms. The van der Waals surface area contributed by atoms with Crippen molar-refractivity contribution in [2.45, 2.75) is 6.92 Å². The summed E-state index contributed by atoms with van der Waals surface area (Å²) in [4.78, 5) is 10.5. The first-order chi connectivity index (χ1) is 10.1. The van der Waals surface area contributed by atoms with Crippen LogP contribution < -0.4 is 4.74 Å². The minimum Gasteiger partial charge on any atom is -0.489 e. The van der Waals surface area contributed by atoms with E-state index in [2.05, 4.69) is 11.7 Å². The van der Waals surface area contributed by atoms with Gasteiger partial charge in [0.1, 0.15) is 12.4 Å². The van der Waals surface area contributed by atoms with Gasteiger partial charge in [-0.3, -0.25) is 10.1 Å². The number of nitrogens with zero attached hydrogens (tertiary/aromatic N) is 2. The van der Waals surface area contributed by atoms with Gasteiger partial charge in [0.15, 0.2) is 5.69 Å². The molecule has 0 amide bonds. The Balaban J connectivity index is 2.30. The minimum absolute atomic E-state index is 0.107. The Bertz CT molecular complexity index is 689. The largest absolute Gasteiger partial charge is 0.489 e. The minimum atomic E-state index is -0.508. The van der Waals surface area contributed by atoms with Gasteiger partial charge in [0.25, 0.3) is 0 Å². The van der Waals surface area contributed by atoms with E-state index in [0.717, 1.165) is 5.56 Å². The van der Waals surface area contributed by atoms with Crippen molar-refractivity contribution < 1.29 is 14.2 Å². The van der Waals surface area contributed by atoms with E-state index in [1.807, 2.05) is 24.3 Å². The molecule has 0 radical (unpaired) electrons. The number of ether oxygens (including phenoxy) is 1. The Morgan fingerprint density at radius 1 is 1.43 bits per heavy atom. The highest BCUT2D eigenvalue weighted by atomic mass is 16.6. The molecule has 1 aromatic carbocycles. The zero-order chi connectivity index (χ0) is 15.2. The molecule has 0 aliphatic carbocycles. The Hall–Kier alpha value is -2.89. The molecule has 6 nitrogen and oxygen atoms in total. The molecule has 0 aliphatic rings. The van der Waals surface area contributed by atoms with Crippen LogP contribution in [0.2, 0.25) is 0 Å². The summed E-state index contributed by atoms with van der Waals surface area (Å²) in [5, 5.41) is 14.6. The second kappa shape index (κ2) is 6.51. The van der Waals surface area contributed by atoms with E-state index in [-0.39, 0.29) is 17.1 Å². The van der Waals surface area contributed by atoms with Crippen LogP contribution in [0, 0.1) is 17.0 Å². The van der Waals surface area contributed by atoms with Gasteiger partial charge in [-0.05, 0) is 25.1 Å². The summed E-state index contributed by atoms with van der Waals surface area (Å²) in [6.45, 7) is 5.50. The van der Waals surface area contributed by atoms with Crippen molar-refractivity contribution in [3.63, 3.8) is 0 Å². The second-order valence-electron chi connectivity index (χ2n) is 4.21. The first kappa shape index (κ1) is 14.5. The second-order valence-corrected chi connectivity index (χ2v) is 4.21. The van der Waals surface area contributed by atoms with Crippen molar-refractivity contribution in [1.82, 2.24) is 5.16 Å². The van der Waals surface area contributed by atoms with Crippen LogP contribution in [-0.4, -0.2) is 16.7 Å². The summed E-state index contributed by atoms with van der Waals surface area (Å²) in [6, 6.07) is 7.34. The molecule has 0 atom stereocenters. The fourth-order valence-corrected chi connectivity index (χ4v) is 1.78. The lowest BCUT2D eigenvalue weighted by Crippen LogP contribution is -1.94. The highest BCUT2D eigenvalue weighted by molar-refractivity contribution is 5.74. The summed E-state index contributed by atoms with van der Waals surface area (Å²) in [6.07, 6.45) is 4.84. The third-order valence-corrected chi connectivity index (χ3v) is 2.73. The number of hydrogen-bond donors (Lipinski definition) is 0. The number of nitro groups is 1. The lowest BCUT2D eigenvalue weighted by Gasteiger charge is -2.06. The molecule has 0 unspecified atom stereocenters. The first-order valence-electron chi connectivity index (χ1n) is 6.25. The molecule has 1 aromatic heterocycles. The predicted molar refractivity (Wildman–Crippen MR) is 79.0 cm³/mol. The van der Waals surface area contributed by atoms with Crippen molar-refractivity contribution in [3.05, 3.63) is 64.1 Å². The normalized spacial score (nSPS) is 10.7. The average molecular weight is 286 g/mol. The van der Waals surface area contributed by atoms with Gasteiger partial charge in [0.05, 0.1) is 4.92 Å². The molecule has 2 aromatic rings. The Kier molecular flexibility index (Phi) is 4.50. The Morgan fingerprint density at radius 2 is 2.19 bits per heavy atom. The predicted octanol–water partition coefficient (Wildman–Crippen LogP) is 3.63.